The van der Waals surface area contributed by atoms with Crippen LogP contribution in [0.4, 0.5) is 10.1 Å². The van der Waals surface area contributed by atoms with Crippen LogP contribution in [0.1, 0.15) is 21.5 Å². The Bertz CT molecular complexity index is 644. The Morgan fingerprint density at radius 1 is 1.24 bits per heavy atom. The van der Waals surface area contributed by atoms with Gasteiger partial charge in [-0.25, -0.2) is 4.39 Å². The van der Waals surface area contributed by atoms with E-state index >= 15 is 0 Å². The third-order valence-corrected chi connectivity index (χ3v) is 3.10. The molecule has 0 spiro atoms. The van der Waals surface area contributed by atoms with Gasteiger partial charge < -0.3 is 15.8 Å². The minimum atomic E-state index is -0.627. The summed E-state index contributed by atoms with van der Waals surface area (Å²) < 4.78 is 18.8. The van der Waals surface area contributed by atoms with Crippen molar-refractivity contribution in [3.8, 4) is 0 Å². The lowest BCUT2D eigenvalue weighted by molar-refractivity contribution is 0.0946. The fourth-order valence-electron chi connectivity index (χ4n) is 2.01. The van der Waals surface area contributed by atoms with Gasteiger partial charge in [0.15, 0.2) is 0 Å². The summed E-state index contributed by atoms with van der Waals surface area (Å²) in [5, 5.41) is 2.70. The lowest BCUT2D eigenvalue weighted by Crippen LogP contribution is -2.24. The van der Waals surface area contributed by atoms with E-state index in [1.807, 2.05) is 24.3 Å². The van der Waals surface area contributed by atoms with Crippen LogP contribution < -0.4 is 11.1 Å². The number of halogens is 1. The second-order valence-electron chi connectivity index (χ2n) is 4.62. The first-order chi connectivity index (χ1) is 10.1. The Morgan fingerprint density at radius 2 is 1.95 bits per heavy atom. The first-order valence-electron chi connectivity index (χ1n) is 6.50. The first kappa shape index (κ1) is 15.0. The van der Waals surface area contributed by atoms with E-state index in [4.69, 9.17) is 10.5 Å². The van der Waals surface area contributed by atoms with Gasteiger partial charge in [0.25, 0.3) is 5.91 Å². The monoisotopic (exact) mass is 288 g/mol. The quantitative estimate of drug-likeness (QED) is 0.831. The van der Waals surface area contributed by atoms with Crippen molar-refractivity contribution in [2.24, 2.45) is 0 Å². The summed E-state index contributed by atoms with van der Waals surface area (Å²) in [7, 11) is 1.61. The molecule has 0 atom stereocenters. The van der Waals surface area contributed by atoms with Crippen LogP contribution in [0, 0.1) is 5.82 Å². The number of ether oxygens (including phenoxy) is 1. The smallest absolute Gasteiger partial charge is 0.254 e. The fraction of sp³-hybridized carbons (Fsp3) is 0.188. The van der Waals surface area contributed by atoms with Crippen molar-refractivity contribution in [3.63, 3.8) is 0 Å². The standard InChI is InChI=1S/C16H17FN2O2/c1-21-10-12-5-3-2-4-11(12)9-19-16(20)14-7-6-13(18)8-15(14)17/h2-8H,9-10,18H2,1H3,(H,19,20). The van der Waals surface area contributed by atoms with Gasteiger partial charge in [-0.1, -0.05) is 24.3 Å². The van der Waals surface area contributed by atoms with Crippen molar-refractivity contribution in [2.45, 2.75) is 13.2 Å². The number of rotatable bonds is 5. The highest BCUT2D eigenvalue weighted by molar-refractivity contribution is 5.94. The predicted octanol–water partition coefficient (Wildman–Crippen LogP) is 2.48. The fourth-order valence-corrected chi connectivity index (χ4v) is 2.01. The average Bonchev–Trinajstić information content (AvgIpc) is 2.46. The maximum atomic E-state index is 13.7. The number of carbonyl (C=O) groups excluding carboxylic acids is 1. The second-order valence-corrected chi connectivity index (χ2v) is 4.62. The summed E-state index contributed by atoms with van der Waals surface area (Å²) in [5.74, 6) is -1.10. The van der Waals surface area contributed by atoms with E-state index in [2.05, 4.69) is 5.32 Å². The van der Waals surface area contributed by atoms with Crippen LogP contribution >= 0.6 is 0 Å². The number of nitrogens with one attached hydrogen (secondary N) is 1. The van der Waals surface area contributed by atoms with Crippen molar-refractivity contribution >= 4 is 11.6 Å². The molecule has 0 bridgehead atoms. The van der Waals surface area contributed by atoms with Gasteiger partial charge in [-0.15, -0.1) is 0 Å². The number of methoxy groups -OCH3 is 1. The molecule has 3 N–H and O–H groups in total. The molecule has 2 aromatic rings. The number of anilines is 1. The summed E-state index contributed by atoms with van der Waals surface area (Å²) in [6.45, 7) is 0.768. The molecule has 5 heteroatoms. The SMILES string of the molecule is COCc1ccccc1CNC(=O)c1ccc(N)cc1F. The largest absolute Gasteiger partial charge is 0.399 e. The number of nitrogen functional groups attached to an aromatic ring is 1. The highest BCUT2D eigenvalue weighted by Gasteiger charge is 2.12. The van der Waals surface area contributed by atoms with E-state index in [0.29, 0.717) is 13.2 Å². The Hall–Kier alpha value is -2.40. The highest BCUT2D eigenvalue weighted by Crippen LogP contribution is 2.13. The van der Waals surface area contributed by atoms with E-state index in [1.54, 1.807) is 7.11 Å². The van der Waals surface area contributed by atoms with Crippen LogP contribution in [-0.2, 0) is 17.9 Å². The molecule has 0 radical (unpaired) electrons. The molecule has 0 aromatic heterocycles. The van der Waals surface area contributed by atoms with Gasteiger partial charge in [-0.3, -0.25) is 4.79 Å². The molecule has 1 amide bonds. The molecule has 0 aliphatic rings. The number of hydrogen-bond donors (Lipinski definition) is 2. The summed E-state index contributed by atoms with van der Waals surface area (Å²) in [6.07, 6.45) is 0. The number of hydrogen-bond acceptors (Lipinski definition) is 3. The highest BCUT2D eigenvalue weighted by atomic mass is 19.1. The average molecular weight is 288 g/mol. The molecule has 0 aliphatic heterocycles. The van der Waals surface area contributed by atoms with Crippen molar-refractivity contribution < 1.29 is 13.9 Å². The van der Waals surface area contributed by atoms with Gasteiger partial charge in [-0.2, -0.15) is 0 Å². The molecular formula is C16H17FN2O2. The van der Waals surface area contributed by atoms with Crippen LogP contribution in [0.25, 0.3) is 0 Å². The predicted molar refractivity (Wildman–Crippen MR) is 79.1 cm³/mol. The normalized spacial score (nSPS) is 10.4. The van der Waals surface area contributed by atoms with Crippen LogP contribution in [-0.4, -0.2) is 13.0 Å². The van der Waals surface area contributed by atoms with Gasteiger partial charge in [0, 0.05) is 19.3 Å². The molecular weight excluding hydrogens is 271 g/mol. The van der Waals surface area contributed by atoms with E-state index in [-0.39, 0.29) is 11.3 Å². The van der Waals surface area contributed by atoms with Crippen LogP contribution in [0.15, 0.2) is 42.5 Å². The summed E-state index contributed by atoms with van der Waals surface area (Å²) in [5.41, 5.74) is 7.65. The summed E-state index contributed by atoms with van der Waals surface area (Å²) >= 11 is 0. The van der Waals surface area contributed by atoms with Crippen LogP contribution in [0.2, 0.25) is 0 Å². The maximum absolute atomic E-state index is 13.7. The number of benzene rings is 2. The van der Waals surface area contributed by atoms with Gasteiger partial charge in [0.2, 0.25) is 0 Å². The minimum Gasteiger partial charge on any atom is -0.399 e. The Balaban J connectivity index is 2.07. The third kappa shape index (κ3) is 3.79. The maximum Gasteiger partial charge on any atom is 0.254 e. The Labute approximate surface area is 122 Å². The number of amides is 1. The van der Waals surface area contributed by atoms with Crippen molar-refractivity contribution in [2.75, 3.05) is 12.8 Å². The molecule has 0 saturated heterocycles. The van der Waals surface area contributed by atoms with E-state index in [1.165, 1.54) is 12.1 Å². The van der Waals surface area contributed by atoms with E-state index in [9.17, 15) is 9.18 Å². The van der Waals surface area contributed by atoms with E-state index < -0.39 is 11.7 Å². The van der Waals surface area contributed by atoms with Gasteiger partial charge in [0.1, 0.15) is 5.82 Å². The van der Waals surface area contributed by atoms with Crippen molar-refractivity contribution in [1.29, 1.82) is 0 Å². The molecule has 110 valence electrons. The zero-order chi connectivity index (χ0) is 15.2. The lowest BCUT2D eigenvalue weighted by Gasteiger charge is -2.10. The topological polar surface area (TPSA) is 64.3 Å². The van der Waals surface area contributed by atoms with Gasteiger partial charge >= 0.3 is 0 Å². The van der Waals surface area contributed by atoms with Crippen molar-refractivity contribution in [3.05, 3.63) is 65.0 Å². The first-order valence-corrected chi connectivity index (χ1v) is 6.50. The van der Waals surface area contributed by atoms with Crippen LogP contribution in [0.3, 0.4) is 0 Å². The van der Waals surface area contributed by atoms with Crippen molar-refractivity contribution in [1.82, 2.24) is 5.32 Å². The molecule has 21 heavy (non-hydrogen) atoms. The molecule has 2 rings (SSSR count). The lowest BCUT2D eigenvalue weighted by atomic mass is 10.1. The third-order valence-electron chi connectivity index (χ3n) is 3.10. The zero-order valence-corrected chi connectivity index (χ0v) is 11.7. The zero-order valence-electron chi connectivity index (χ0n) is 11.7. The Kier molecular flexibility index (Phi) is 4.90. The molecule has 4 nitrogen and oxygen atoms in total. The summed E-state index contributed by atoms with van der Waals surface area (Å²) in [6, 6.07) is 11.6. The molecule has 0 fully saturated rings. The van der Waals surface area contributed by atoms with E-state index in [0.717, 1.165) is 17.2 Å². The molecule has 2 aromatic carbocycles. The minimum absolute atomic E-state index is 0.0200. The number of nitrogens with two attached hydrogens (primary N) is 1. The van der Waals surface area contributed by atoms with Gasteiger partial charge in [0.05, 0.1) is 12.2 Å². The Morgan fingerprint density at radius 3 is 2.62 bits per heavy atom. The summed E-state index contributed by atoms with van der Waals surface area (Å²) in [4.78, 5) is 12.0. The molecule has 0 aliphatic carbocycles. The van der Waals surface area contributed by atoms with Gasteiger partial charge in [-0.05, 0) is 29.3 Å². The molecule has 0 unspecified atom stereocenters. The molecule has 0 heterocycles. The second kappa shape index (κ2) is 6.85. The molecule has 0 saturated carbocycles. The van der Waals surface area contributed by atoms with Crippen LogP contribution in [0.5, 0.6) is 0 Å². The number of carbonyl (C=O) groups is 1.